The number of ether oxygens (including phenoxy) is 2. The zero-order chi connectivity index (χ0) is 15.5. The maximum absolute atomic E-state index is 11.6. The average molecular weight is 301 g/mol. The summed E-state index contributed by atoms with van der Waals surface area (Å²) in [5.74, 6) is 0.0684. The summed E-state index contributed by atoms with van der Waals surface area (Å²) < 4.78 is 9.90. The summed E-state index contributed by atoms with van der Waals surface area (Å²) in [5.41, 5.74) is 0. The van der Waals surface area contributed by atoms with Gasteiger partial charge >= 0.3 is 6.09 Å². The Hall–Kier alpha value is -1.34. The molecule has 0 spiro atoms. The SMILES string of the molecule is CCOC(=O)N1CCN(CCC(=O)NCCCOC)CC1. The van der Waals surface area contributed by atoms with Crippen molar-refractivity contribution in [3.05, 3.63) is 0 Å². The van der Waals surface area contributed by atoms with Crippen LogP contribution in [-0.2, 0) is 14.3 Å². The van der Waals surface area contributed by atoms with Crippen LogP contribution in [-0.4, -0.2) is 81.4 Å². The smallest absolute Gasteiger partial charge is 0.409 e. The number of hydrogen-bond donors (Lipinski definition) is 1. The van der Waals surface area contributed by atoms with Gasteiger partial charge in [0.15, 0.2) is 0 Å². The zero-order valence-electron chi connectivity index (χ0n) is 13.1. The number of rotatable bonds is 8. The van der Waals surface area contributed by atoms with E-state index in [0.29, 0.717) is 39.3 Å². The van der Waals surface area contributed by atoms with Crippen LogP contribution < -0.4 is 5.32 Å². The molecule has 0 aromatic heterocycles. The molecule has 7 heteroatoms. The fourth-order valence-corrected chi connectivity index (χ4v) is 2.16. The van der Waals surface area contributed by atoms with Crippen molar-refractivity contribution in [2.24, 2.45) is 0 Å². The number of methoxy groups -OCH3 is 1. The lowest BCUT2D eigenvalue weighted by molar-refractivity contribution is -0.121. The van der Waals surface area contributed by atoms with Crippen molar-refractivity contribution in [3.63, 3.8) is 0 Å². The monoisotopic (exact) mass is 301 g/mol. The van der Waals surface area contributed by atoms with Crippen LogP contribution in [0.3, 0.4) is 0 Å². The van der Waals surface area contributed by atoms with E-state index < -0.39 is 0 Å². The second-order valence-electron chi connectivity index (χ2n) is 4.97. The molecule has 1 saturated heterocycles. The molecule has 1 heterocycles. The third-order valence-electron chi connectivity index (χ3n) is 3.40. The summed E-state index contributed by atoms with van der Waals surface area (Å²) >= 11 is 0. The molecule has 0 bridgehead atoms. The van der Waals surface area contributed by atoms with Gasteiger partial charge in [-0.25, -0.2) is 4.79 Å². The third-order valence-corrected chi connectivity index (χ3v) is 3.40. The molecule has 2 amide bonds. The van der Waals surface area contributed by atoms with E-state index in [-0.39, 0.29) is 12.0 Å². The topological polar surface area (TPSA) is 71.1 Å². The second kappa shape index (κ2) is 10.4. The van der Waals surface area contributed by atoms with E-state index in [0.717, 1.165) is 26.1 Å². The Labute approximate surface area is 126 Å². The molecule has 0 aromatic carbocycles. The Balaban J connectivity index is 2.09. The molecule has 1 aliphatic rings. The predicted octanol–water partition coefficient (Wildman–Crippen LogP) is 0.303. The van der Waals surface area contributed by atoms with Crippen LogP contribution in [0.2, 0.25) is 0 Å². The summed E-state index contributed by atoms with van der Waals surface area (Å²) in [6.45, 7) is 7.15. The Kier molecular flexibility index (Phi) is 8.77. The molecule has 0 aromatic rings. The van der Waals surface area contributed by atoms with E-state index in [1.165, 1.54) is 0 Å². The fourth-order valence-electron chi connectivity index (χ4n) is 2.16. The van der Waals surface area contributed by atoms with Gasteiger partial charge in [-0.05, 0) is 13.3 Å². The van der Waals surface area contributed by atoms with Crippen molar-refractivity contribution >= 4 is 12.0 Å². The van der Waals surface area contributed by atoms with Crippen LogP contribution in [0.25, 0.3) is 0 Å². The lowest BCUT2D eigenvalue weighted by Crippen LogP contribution is -2.49. The second-order valence-corrected chi connectivity index (χ2v) is 4.97. The lowest BCUT2D eigenvalue weighted by atomic mass is 10.3. The summed E-state index contributed by atoms with van der Waals surface area (Å²) in [5, 5.41) is 2.87. The summed E-state index contributed by atoms with van der Waals surface area (Å²) in [7, 11) is 1.65. The van der Waals surface area contributed by atoms with E-state index in [1.807, 2.05) is 0 Å². The Morgan fingerprint density at radius 3 is 2.52 bits per heavy atom. The van der Waals surface area contributed by atoms with Crippen molar-refractivity contribution in [1.82, 2.24) is 15.1 Å². The van der Waals surface area contributed by atoms with Gasteiger partial charge in [0.1, 0.15) is 0 Å². The van der Waals surface area contributed by atoms with Gasteiger partial charge in [-0.1, -0.05) is 0 Å². The minimum Gasteiger partial charge on any atom is -0.450 e. The van der Waals surface area contributed by atoms with E-state index in [1.54, 1.807) is 18.9 Å². The van der Waals surface area contributed by atoms with E-state index in [4.69, 9.17) is 9.47 Å². The van der Waals surface area contributed by atoms with E-state index in [2.05, 4.69) is 10.2 Å². The molecule has 0 saturated carbocycles. The van der Waals surface area contributed by atoms with Crippen molar-refractivity contribution in [3.8, 4) is 0 Å². The Morgan fingerprint density at radius 2 is 1.90 bits per heavy atom. The highest BCUT2D eigenvalue weighted by Gasteiger charge is 2.21. The number of nitrogens with one attached hydrogen (secondary N) is 1. The van der Waals surface area contributed by atoms with Crippen molar-refractivity contribution in [1.29, 1.82) is 0 Å². The quantitative estimate of drug-likeness (QED) is 0.653. The first kappa shape index (κ1) is 17.7. The Bertz CT molecular complexity index is 317. The molecule has 0 atom stereocenters. The van der Waals surface area contributed by atoms with Gasteiger partial charge < -0.3 is 19.7 Å². The number of amides is 2. The lowest BCUT2D eigenvalue weighted by Gasteiger charge is -2.33. The van der Waals surface area contributed by atoms with Gasteiger partial charge in [0.05, 0.1) is 6.61 Å². The highest BCUT2D eigenvalue weighted by Crippen LogP contribution is 2.04. The van der Waals surface area contributed by atoms with Gasteiger partial charge in [-0.15, -0.1) is 0 Å². The van der Waals surface area contributed by atoms with Crippen molar-refractivity contribution < 1.29 is 19.1 Å². The maximum atomic E-state index is 11.6. The minimum atomic E-state index is -0.243. The van der Waals surface area contributed by atoms with Gasteiger partial charge in [-0.2, -0.15) is 0 Å². The predicted molar refractivity (Wildman–Crippen MR) is 79.2 cm³/mol. The number of nitrogens with zero attached hydrogens (tertiary/aromatic N) is 2. The molecule has 1 N–H and O–H groups in total. The first-order valence-electron chi connectivity index (χ1n) is 7.57. The highest BCUT2D eigenvalue weighted by molar-refractivity contribution is 5.76. The molecule has 1 rings (SSSR count). The van der Waals surface area contributed by atoms with Crippen LogP contribution in [0.4, 0.5) is 4.79 Å². The molecular formula is C14H27N3O4. The molecular weight excluding hydrogens is 274 g/mol. The molecule has 0 unspecified atom stereocenters. The average Bonchev–Trinajstić information content (AvgIpc) is 2.50. The number of carbonyl (C=O) groups excluding carboxylic acids is 2. The van der Waals surface area contributed by atoms with Gasteiger partial charge in [-0.3, -0.25) is 9.69 Å². The summed E-state index contributed by atoms with van der Waals surface area (Å²) in [6, 6.07) is 0. The maximum Gasteiger partial charge on any atom is 0.409 e. The van der Waals surface area contributed by atoms with Crippen molar-refractivity contribution in [2.45, 2.75) is 19.8 Å². The standard InChI is InChI=1S/C14H27N3O4/c1-3-21-14(19)17-10-8-16(9-11-17)7-5-13(18)15-6-4-12-20-2/h3-12H2,1-2H3,(H,15,18). The van der Waals surface area contributed by atoms with Crippen LogP contribution in [0.15, 0.2) is 0 Å². The molecule has 1 fully saturated rings. The highest BCUT2D eigenvalue weighted by atomic mass is 16.6. The van der Waals surface area contributed by atoms with Crippen LogP contribution in [0.1, 0.15) is 19.8 Å². The largest absolute Gasteiger partial charge is 0.450 e. The van der Waals surface area contributed by atoms with Gasteiger partial charge in [0, 0.05) is 59.4 Å². The summed E-state index contributed by atoms with van der Waals surface area (Å²) in [4.78, 5) is 27.1. The Morgan fingerprint density at radius 1 is 1.19 bits per heavy atom. The molecule has 1 aliphatic heterocycles. The van der Waals surface area contributed by atoms with Crippen LogP contribution >= 0.6 is 0 Å². The number of hydrogen-bond acceptors (Lipinski definition) is 5. The van der Waals surface area contributed by atoms with Gasteiger partial charge in [0.2, 0.25) is 5.91 Å². The molecule has 0 radical (unpaired) electrons. The van der Waals surface area contributed by atoms with Gasteiger partial charge in [0.25, 0.3) is 0 Å². The molecule has 7 nitrogen and oxygen atoms in total. The van der Waals surface area contributed by atoms with Crippen molar-refractivity contribution in [2.75, 3.05) is 59.6 Å². The fraction of sp³-hybridized carbons (Fsp3) is 0.857. The molecule has 122 valence electrons. The zero-order valence-corrected chi connectivity index (χ0v) is 13.1. The number of carbonyl (C=O) groups is 2. The first-order valence-corrected chi connectivity index (χ1v) is 7.57. The van der Waals surface area contributed by atoms with Crippen LogP contribution in [0.5, 0.6) is 0 Å². The summed E-state index contributed by atoms with van der Waals surface area (Å²) in [6.07, 6.45) is 1.08. The first-order chi connectivity index (χ1) is 10.2. The minimum absolute atomic E-state index is 0.0684. The van der Waals surface area contributed by atoms with Crippen LogP contribution in [0, 0.1) is 0 Å². The molecule has 21 heavy (non-hydrogen) atoms. The molecule has 0 aliphatic carbocycles. The van der Waals surface area contributed by atoms with E-state index in [9.17, 15) is 9.59 Å². The van der Waals surface area contributed by atoms with E-state index >= 15 is 0 Å². The number of piperazine rings is 1. The third kappa shape index (κ3) is 7.29. The normalized spacial score (nSPS) is 15.8.